The lowest BCUT2D eigenvalue weighted by Gasteiger charge is -2.22. The van der Waals surface area contributed by atoms with E-state index in [0.29, 0.717) is 41.3 Å². The molecule has 9 heteroatoms. The van der Waals surface area contributed by atoms with Gasteiger partial charge in [0.15, 0.2) is 5.56 Å². The fourth-order valence-corrected chi connectivity index (χ4v) is 5.18. The number of hydrogen-bond donors (Lipinski definition) is 3. The van der Waals surface area contributed by atoms with Crippen molar-refractivity contribution in [3.63, 3.8) is 0 Å². The van der Waals surface area contributed by atoms with Gasteiger partial charge in [-0.1, -0.05) is 0 Å². The number of nitrogens with one attached hydrogen (secondary N) is 1. The number of nitrogens with zero attached hydrogens (tertiary/aromatic N) is 2. The molecule has 0 radical (unpaired) electrons. The predicted octanol–water partition coefficient (Wildman–Crippen LogP) is 3.55. The molecular weight excluding hydrogens is 462 g/mol. The van der Waals surface area contributed by atoms with Gasteiger partial charge < -0.3 is 34.5 Å². The Labute approximate surface area is 208 Å². The van der Waals surface area contributed by atoms with Crippen molar-refractivity contribution in [2.24, 2.45) is 0 Å². The van der Waals surface area contributed by atoms with Gasteiger partial charge in [0.05, 0.1) is 26.5 Å². The highest BCUT2D eigenvalue weighted by Crippen LogP contribution is 2.40. The largest absolute Gasteiger partial charge is 0.506 e. The number of aromatic nitrogens is 1. The smallest absolute Gasteiger partial charge is 0.345 e. The van der Waals surface area contributed by atoms with E-state index in [2.05, 4.69) is 16.3 Å². The van der Waals surface area contributed by atoms with E-state index in [1.807, 2.05) is 12.1 Å². The van der Waals surface area contributed by atoms with Crippen LogP contribution < -0.4 is 25.2 Å². The molecule has 0 aliphatic carbocycles. The molecule has 5 rings (SSSR count). The molecule has 0 amide bonds. The zero-order valence-corrected chi connectivity index (χ0v) is 20.3. The highest BCUT2D eigenvalue weighted by molar-refractivity contribution is 5.93. The summed E-state index contributed by atoms with van der Waals surface area (Å²) in [5, 5.41) is 24.2. The molecule has 3 heterocycles. The Kier molecular flexibility index (Phi) is 6.22. The molecule has 1 fully saturated rings. The van der Waals surface area contributed by atoms with Gasteiger partial charge in [-0.3, -0.25) is 4.79 Å². The second-order valence-corrected chi connectivity index (χ2v) is 9.03. The molecule has 0 spiro atoms. The van der Waals surface area contributed by atoms with Gasteiger partial charge in [0.25, 0.3) is 5.56 Å². The van der Waals surface area contributed by atoms with E-state index in [-0.39, 0.29) is 6.54 Å². The topological polar surface area (TPSA) is 113 Å². The number of aromatic hydroxyl groups is 1. The summed E-state index contributed by atoms with van der Waals surface area (Å²) in [4.78, 5) is 27.9. The summed E-state index contributed by atoms with van der Waals surface area (Å²) in [6.45, 7) is 2.54. The number of anilines is 2. The average Bonchev–Trinajstić information content (AvgIpc) is 3.35. The Morgan fingerprint density at radius 2 is 1.86 bits per heavy atom. The molecule has 188 valence electrons. The number of benzene rings is 2. The van der Waals surface area contributed by atoms with Crippen LogP contribution in [0.15, 0.2) is 41.2 Å². The summed E-state index contributed by atoms with van der Waals surface area (Å²) < 4.78 is 12.3. The first-order valence-corrected chi connectivity index (χ1v) is 12.0. The van der Waals surface area contributed by atoms with Crippen LogP contribution in [-0.2, 0) is 13.0 Å². The Hall–Kier alpha value is -4.14. The van der Waals surface area contributed by atoms with Crippen molar-refractivity contribution in [1.82, 2.24) is 4.57 Å². The molecular formula is C27H29N3O6. The van der Waals surface area contributed by atoms with Gasteiger partial charge in [0, 0.05) is 53.8 Å². The first kappa shape index (κ1) is 23.6. The molecule has 3 N–H and O–H groups in total. The summed E-state index contributed by atoms with van der Waals surface area (Å²) in [6.07, 6.45) is 2.67. The molecule has 2 aliphatic rings. The first-order valence-electron chi connectivity index (χ1n) is 12.0. The summed E-state index contributed by atoms with van der Waals surface area (Å²) in [7, 11) is 3.08. The molecule has 0 bridgehead atoms. The zero-order chi connectivity index (χ0) is 25.4. The minimum absolute atomic E-state index is 0.0577. The monoisotopic (exact) mass is 491 g/mol. The maximum absolute atomic E-state index is 13.6. The van der Waals surface area contributed by atoms with Crippen LogP contribution in [0.2, 0.25) is 0 Å². The van der Waals surface area contributed by atoms with Crippen LogP contribution in [0.1, 0.15) is 34.3 Å². The number of methoxy groups -OCH3 is 2. The molecule has 2 aliphatic heterocycles. The predicted molar refractivity (Wildman–Crippen MR) is 137 cm³/mol. The normalized spacial score (nSPS) is 14.4. The van der Waals surface area contributed by atoms with Crippen molar-refractivity contribution < 1.29 is 24.5 Å². The third-order valence-corrected chi connectivity index (χ3v) is 6.99. The van der Waals surface area contributed by atoms with E-state index in [1.165, 1.54) is 11.7 Å². The lowest BCUT2D eigenvalue weighted by atomic mass is 9.98. The zero-order valence-electron chi connectivity index (χ0n) is 20.3. The molecule has 0 saturated carbocycles. The number of carboxylic acids is 1. The fraction of sp³-hybridized carbons (Fsp3) is 0.333. The molecule has 1 saturated heterocycles. The lowest BCUT2D eigenvalue weighted by Crippen LogP contribution is -2.30. The molecule has 0 unspecified atom stereocenters. The number of hydrogen-bond acceptors (Lipinski definition) is 7. The Bertz CT molecular complexity index is 1390. The van der Waals surface area contributed by atoms with Gasteiger partial charge in [-0.2, -0.15) is 0 Å². The van der Waals surface area contributed by atoms with Crippen molar-refractivity contribution in [2.45, 2.75) is 25.8 Å². The van der Waals surface area contributed by atoms with E-state index in [1.54, 1.807) is 25.3 Å². The van der Waals surface area contributed by atoms with Gasteiger partial charge in [-0.15, -0.1) is 0 Å². The number of fused-ring (bicyclic) bond motifs is 3. The molecule has 2 aromatic carbocycles. The third kappa shape index (κ3) is 4.00. The molecule has 3 aromatic rings. The van der Waals surface area contributed by atoms with Crippen molar-refractivity contribution >= 4 is 17.3 Å². The van der Waals surface area contributed by atoms with Crippen LogP contribution in [0.4, 0.5) is 11.4 Å². The van der Waals surface area contributed by atoms with Gasteiger partial charge >= 0.3 is 5.97 Å². The summed E-state index contributed by atoms with van der Waals surface area (Å²) in [6, 6.07) is 11.3. The van der Waals surface area contributed by atoms with Crippen LogP contribution in [0.5, 0.6) is 17.2 Å². The van der Waals surface area contributed by atoms with Crippen LogP contribution in [-0.4, -0.2) is 54.6 Å². The number of rotatable bonds is 6. The SMILES string of the molecule is COc1ccc(Cn2c3c(c(O)c(C(=O)O)c2=O)CCNc2cc(N4CCCC4)ccc2-3)c(OC)c1. The first-order chi connectivity index (χ1) is 17.4. The molecule has 1 aromatic heterocycles. The second-order valence-electron chi connectivity index (χ2n) is 9.03. The van der Waals surface area contributed by atoms with Gasteiger partial charge in [0.2, 0.25) is 0 Å². The summed E-state index contributed by atoms with van der Waals surface area (Å²) in [5.41, 5.74) is 2.90. The van der Waals surface area contributed by atoms with Crippen LogP contribution in [0, 0.1) is 0 Å². The third-order valence-electron chi connectivity index (χ3n) is 6.99. The minimum Gasteiger partial charge on any atom is -0.506 e. The van der Waals surface area contributed by atoms with Crippen molar-refractivity contribution in [3.8, 4) is 28.5 Å². The van der Waals surface area contributed by atoms with Crippen LogP contribution in [0.25, 0.3) is 11.3 Å². The van der Waals surface area contributed by atoms with Gasteiger partial charge in [-0.05, 0) is 49.6 Å². The Balaban J connectivity index is 1.73. The van der Waals surface area contributed by atoms with Crippen LogP contribution in [0.3, 0.4) is 0 Å². The summed E-state index contributed by atoms with van der Waals surface area (Å²) in [5.74, 6) is -0.824. The van der Waals surface area contributed by atoms with Gasteiger partial charge in [-0.25, -0.2) is 4.79 Å². The van der Waals surface area contributed by atoms with E-state index >= 15 is 0 Å². The van der Waals surface area contributed by atoms with Crippen molar-refractivity contribution in [1.29, 1.82) is 0 Å². The van der Waals surface area contributed by atoms with Crippen LogP contribution >= 0.6 is 0 Å². The lowest BCUT2D eigenvalue weighted by molar-refractivity contribution is 0.0690. The maximum Gasteiger partial charge on any atom is 0.345 e. The van der Waals surface area contributed by atoms with Gasteiger partial charge in [0.1, 0.15) is 17.2 Å². The molecule has 0 atom stereocenters. The number of pyridine rings is 1. The van der Waals surface area contributed by atoms with E-state index in [0.717, 1.165) is 42.9 Å². The van der Waals surface area contributed by atoms with E-state index in [9.17, 15) is 19.8 Å². The molecule has 36 heavy (non-hydrogen) atoms. The highest BCUT2D eigenvalue weighted by Gasteiger charge is 2.29. The Morgan fingerprint density at radius 3 is 2.56 bits per heavy atom. The van der Waals surface area contributed by atoms with Crippen molar-refractivity contribution in [3.05, 3.63) is 63.4 Å². The minimum atomic E-state index is -1.46. The quantitative estimate of drug-likeness (QED) is 0.480. The second kappa shape index (κ2) is 9.49. The average molecular weight is 492 g/mol. The number of carboxylic acid groups (broad SMARTS) is 1. The standard InChI is InChI=1S/C27H29N3O6/c1-35-18-7-5-16(22(14-18)36-2)15-30-24-19-8-6-17(29-11-3-4-12-29)13-21(19)28-10-9-20(24)25(31)23(26(30)32)27(33)34/h5-8,13-14,28,31H,3-4,9-12,15H2,1-2H3,(H,33,34). The highest BCUT2D eigenvalue weighted by atomic mass is 16.5. The summed E-state index contributed by atoms with van der Waals surface area (Å²) >= 11 is 0. The maximum atomic E-state index is 13.6. The van der Waals surface area contributed by atoms with E-state index in [4.69, 9.17) is 9.47 Å². The van der Waals surface area contributed by atoms with Crippen molar-refractivity contribution in [2.75, 3.05) is 44.1 Å². The van der Waals surface area contributed by atoms with E-state index < -0.39 is 22.8 Å². The number of carbonyl (C=O) groups is 1. The fourth-order valence-electron chi connectivity index (χ4n) is 5.18. The number of ether oxygens (including phenoxy) is 2. The number of aromatic carboxylic acids is 1. The molecule has 9 nitrogen and oxygen atoms in total. The Morgan fingerprint density at radius 1 is 1.08 bits per heavy atom.